The minimum Gasteiger partial charge on any atom is -0.462 e. The van der Waals surface area contributed by atoms with Crippen LogP contribution in [0.25, 0.3) is 10.2 Å². The van der Waals surface area contributed by atoms with Gasteiger partial charge in [-0.25, -0.2) is 13.2 Å². The number of carbonyl (C=O) groups excluding carboxylic acids is 2. The summed E-state index contributed by atoms with van der Waals surface area (Å²) >= 11 is 1.23. The summed E-state index contributed by atoms with van der Waals surface area (Å²) in [6, 6.07) is 10.9. The van der Waals surface area contributed by atoms with E-state index in [1.165, 1.54) is 39.9 Å². The number of esters is 1. The summed E-state index contributed by atoms with van der Waals surface area (Å²) in [7, 11) is -3.56. The first-order chi connectivity index (χ1) is 16.3. The molecule has 1 saturated heterocycles. The Bertz CT molecular complexity index is 1450. The topological polar surface area (TPSA) is 98.0 Å². The predicted molar refractivity (Wildman–Crippen MR) is 129 cm³/mol. The lowest BCUT2D eigenvalue weighted by Gasteiger charge is -2.15. The van der Waals surface area contributed by atoms with Crippen LogP contribution in [-0.2, 0) is 21.3 Å². The number of aromatic nitrogens is 1. The van der Waals surface area contributed by atoms with E-state index < -0.39 is 21.9 Å². The Morgan fingerprint density at radius 3 is 2.44 bits per heavy atom. The van der Waals surface area contributed by atoms with Crippen LogP contribution in [0.3, 0.4) is 0 Å². The van der Waals surface area contributed by atoms with Gasteiger partial charge in [-0.1, -0.05) is 17.3 Å². The van der Waals surface area contributed by atoms with Gasteiger partial charge in [0.05, 0.1) is 33.8 Å². The Morgan fingerprint density at radius 1 is 1.12 bits per heavy atom. The summed E-state index contributed by atoms with van der Waals surface area (Å²) in [5.74, 6) is 1.61. The summed E-state index contributed by atoms with van der Waals surface area (Å²) in [5.41, 5.74) is 1.41. The quantitative estimate of drug-likeness (QED) is 0.385. The van der Waals surface area contributed by atoms with Gasteiger partial charge in [0.2, 0.25) is 10.0 Å². The Kier molecular flexibility index (Phi) is 6.97. The number of hydrogen-bond donors (Lipinski definition) is 0. The Labute approximate surface area is 201 Å². The van der Waals surface area contributed by atoms with Crippen molar-refractivity contribution in [1.82, 2.24) is 8.87 Å². The van der Waals surface area contributed by atoms with Crippen LogP contribution in [0.15, 0.2) is 52.4 Å². The molecule has 0 spiro atoms. The van der Waals surface area contributed by atoms with Crippen molar-refractivity contribution in [2.45, 2.75) is 31.2 Å². The van der Waals surface area contributed by atoms with Crippen LogP contribution in [0.5, 0.6) is 0 Å². The molecule has 1 fully saturated rings. The van der Waals surface area contributed by atoms with Gasteiger partial charge in [-0.3, -0.25) is 4.79 Å². The molecule has 0 saturated carbocycles. The van der Waals surface area contributed by atoms with Crippen LogP contribution in [-0.4, -0.2) is 48.9 Å². The number of fused-ring (bicyclic) bond motifs is 1. The smallest absolute Gasteiger partial charge is 0.338 e. The second-order valence-electron chi connectivity index (χ2n) is 7.63. The van der Waals surface area contributed by atoms with E-state index in [2.05, 4.69) is 10.9 Å². The first kappa shape index (κ1) is 23.9. The average molecular weight is 498 g/mol. The van der Waals surface area contributed by atoms with Crippen molar-refractivity contribution in [2.24, 2.45) is 4.99 Å². The standard InChI is InChI=1S/C24H23N3O5S2/c1-3-13-27-20-12-9-18(23(29)32-4-2)16-21(20)33-24(27)25-22(28)17-7-10-19(11-8-17)34(30,31)26-14-5-6-15-26/h1,7-12,16H,4-6,13-15H2,2H3. The zero-order valence-electron chi connectivity index (χ0n) is 18.6. The van der Waals surface area contributed by atoms with E-state index in [1.54, 1.807) is 29.7 Å². The van der Waals surface area contributed by atoms with Crippen molar-refractivity contribution >= 4 is 43.5 Å². The van der Waals surface area contributed by atoms with Gasteiger partial charge in [0.1, 0.15) is 0 Å². The second kappa shape index (κ2) is 9.93. The Morgan fingerprint density at radius 2 is 1.79 bits per heavy atom. The number of sulfonamides is 1. The zero-order valence-corrected chi connectivity index (χ0v) is 20.2. The van der Waals surface area contributed by atoms with Crippen molar-refractivity contribution in [2.75, 3.05) is 19.7 Å². The summed E-state index contributed by atoms with van der Waals surface area (Å²) in [5, 5.41) is 0. The molecule has 3 aromatic rings. The highest BCUT2D eigenvalue weighted by Crippen LogP contribution is 2.22. The normalized spacial score (nSPS) is 14.9. The molecule has 2 aromatic carbocycles. The first-order valence-electron chi connectivity index (χ1n) is 10.8. The molecule has 0 unspecified atom stereocenters. The van der Waals surface area contributed by atoms with Crippen molar-refractivity contribution in [1.29, 1.82) is 0 Å². The van der Waals surface area contributed by atoms with Crippen molar-refractivity contribution < 1.29 is 22.7 Å². The van der Waals surface area contributed by atoms with E-state index in [-0.39, 0.29) is 23.6 Å². The SMILES string of the molecule is C#CCn1c(=NC(=O)c2ccc(S(=O)(=O)N3CCCC3)cc2)sc2cc(C(=O)OCC)ccc21. The van der Waals surface area contributed by atoms with E-state index >= 15 is 0 Å². The number of thiazole rings is 1. The third kappa shape index (κ3) is 4.68. The summed E-state index contributed by atoms with van der Waals surface area (Å²) in [6.07, 6.45) is 7.22. The lowest BCUT2D eigenvalue weighted by molar-refractivity contribution is 0.0526. The zero-order chi connectivity index (χ0) is 24.3. The fourth-order valence-corrected chi connectivity index (χ4v) is 6.33. The van der Waals surface area contributed by atoms with Gasteiger partial charge in [0, 0.05) is 18.7 Å². The lowest BCUT2D eigenvalue weighted by Crippen LogP contribution is -2.27. The van der Waals surface area contributed by atoms with Gasteiger partial charge in [-0.05, 0) is 62.2 Å². The number of terminal acetylenes is 1. The first-order valence-corrected chi connectivity index (χ1v) is 13.0. The highest BCUT2D eigenvalue weighted by molar-refractivity contribution is 7.89. The summed E-state index contributed by atoms with van der Waals surface area (Å²) < 4.78 is 34.4. The largest absolute Gasteiger partial charge is 0.462 e. The van der Waals surface area contributed by atoms with Crippen LogP contribution in [0, 0.1) is 12.3 Å². The molecular weight excluding hydrogens is 474 g/mol. The minimum atomic E-state index is -3.56. The van der Waals surface area contributed by atoms with Gasteiger partial charge in [-0.15, -0.1) is 6.42 Å². The predicted octanol–water partition coefficient (Wildman–Crippen LogP) is 3.04. The number of nitrogens with zero attached hydrogens (tertiary/aromatic N) is 3. The molecule has 0 radical (unpaired) electrons. The molecule has 1 aliphatic heterocycles. The molecule has 176 valence electrons. The fraction of sp³-hybridized carbons (Fsp3) is 0.292. The number of hydrogen-bond acceptors (Lipinski definition) is 6. The van der Waals surface area contributed by atoms with E-state index in [1.807, 2.05) is 0 Å². The van der Waals surface area contributed by atoms with Crippen LogP contribution >= 0.6 is 11.3 Å². The molecule has 34 heavy (non-hydrogen) atoms. The van der Waals surface area contributed by atoms with Gasteiger partial charge < -0.3 is 9.30 Å². The molecule has 0 atom stereocenters. The van der Waals surface area contributed by atoms with Gasteiger partial charge >= 0.3 is 5.97 Å². The maximum absolute atomic E-state index is 12.9. The molecule has 1 aliphatic rings. The minimum absolute atomic E-state index is 0.154. The highest BCUT2D eigenvalue weighted by Gasteiger charge is 2.27. The van der Waals surface area contributed by atoms with E-state index in [0.717, 1.165) is 23.1 Å². The molecule has 0 aliphatic carbocycles. The second-order valence-corrected chi connectivity index (χ2v) is 10.6. The lowest BCUT2D eigenvalue weighted by atomic mass is 10.2. The number of ether oxygens (including phenoxy) is 1. The van der Waals surface area contributed by atoms with Crippen LogP contribution < -0.4 is 4.80 Å². The highest BCUT2D eigenvalue weighted by atomic mass is 32.2. The number of carbonyl (C=O) groups is 2. The Hall–Kier alpha value is -3.26. The summed E-state index contributed by atoms with van der Waals surface area (Å²) in [4.78, 5) is 29.7. The number of rotatable bonds is 6. The molecule has 0 bridgehead atoms. The third-order valence-corrected chi connectivity index (χ3v) is 8.40. The Balaban J connectivity index is 1.67. The molecule has 1 amide bonds. The molecule has 4 rings (SSSR count). The van der Waals surface area contributed by atoms with Gasteiger partial charge in [0.15, 0.2) is 4.80 Å². The van der Waals surface area contributed by atoms with Gasteiger partial charge in [0.25, 0.3) is 5.91 Å². The van der Waals surface area contributed by atoms with E-state index in [4.69, 9.17) is 11.2 Å². The number of benzene rings is 2. The maximum Gasteiger partial charge on any atom is 0.338 e. The summed E-state index contributed by atoms with van der Waals surface area (Å²) in [6.45, 7) is 3.22. The van der Waals surface area contributed by atoms with E-state index in [0.29, 0.717) is 23.5 Å². The van der Waals surface area contributed by atoms with Crippen molar-refractivity contribution in [3.8, 4) is 12.3 Å². The third-order valence-electron chi connectivity index (χ3n) is 5.44. The maximum atomic E-state index is 12.9. The van der Waals surface area contributed by atoms with Crippen LogP contribution in [0.1, 0.15) is 40.5 Å². The molecule has 8 nitrogen and oxygen atoms in total. The fourth-order valence-electron chi connectivity index (χ4n) is 3.74. The molecule has 0 N–H and O–H groups in total. The molecule has 1 aromatic heterocycles. The van der Waals surface area contributed by atoms with Crippen molar-refractivity contribution in [3.05, 3.63) is 58.4 Å². The molecule has 2 heterocycles. The monoisotopic (exact) mass is 497 g/mol. The van der Waals surface area contributed by atoms with Crippen LogP contribution in [0.4, 0.5) is 0 Å². The van der Waals surface area contributed by atoms with Crippen LogP contribution in [0.2, 0.25) is 0 Å². The van der Waals surface area contributed by atoms with Crippen molar-refractivity contribution in [3.63, 3.8) is 0 Å². The average Bonchev–Trinajstić information content (AvgIpc) is 3.49. The van der Waals surface area contributed by atoms with Gasteiger partial charge in [-0.2, -0.15) is 9.30 Å². The molecule has 10 heteroatoms. The van der Waals surface area contributed by atoms with E-state index in [9.17, 15) is 18.0 Å². The molecular formula is C24H23N3O5S2. The number of amides is 1.